The van der Waals surface area contributed by atoms with Gasteiger partial charge in [-0.1, -0.05) is 23.9 Å². The van der Waals surface area contributed by atoms with Gasteiger partial charge < -0.3 is 10.6 Å². The molecule has 0 spiro atoms. The minimum Gasteiger partial charge on any atom is -0.352 e. The van der Waals surface area contributed by atoms with Gasteiger partial charge in [0.15, 0.2) is 0 Å². The van der Waals surface area contributed by atoms with Gasteiger partial charge in [-0.15, -0.1) is 0 Å². The normalized spacial score (nSPS) is 17.4. The van der Waals surface area contributed by atoms with Gasteiger partial charge in [-0.05, 0) is 60.9 Å². The molecule has 0 radical (unpaired) electrons. The number of halogens is 1. The van der Waals surface area contributed by atoms with E-state index in [4.69, 9.17) is 11.8 Å². The Balaban J connectivity index is 1.46. The smallest absolute Gasteiger partial charge is 0.256 e. The Labute approximate surface area is 167 Å². The number of piperidine rings is 1. The molecular weight excluding hydrogens is 382 g/mol. The van der Waals surface area contributed by atoms with Crippen molar-refractivity contribution in [2.75, 3.05) is 25.0 Å². The maximum atomic E-state index is 12.6. The first-order valence-electron chi connectivity index (χ1n) is 9.01. The van der Waals surface area contributed by atoms with Crippen LogP contribution < -0.4 is 10.6 Å². The van der Waals surface area contributed by atoms with Crippen molar-refractivity contribution >= 4 is 41.0 Å². The largest absolute Gasteiger partial charge is 0.352 e. The Morgan fingerprint density at radius 1 is 1.19 bits per heavy atom. The monoisotopic (exact) mass is 401 g/mol. The van der Waals surface area contributed by atoms with E-state index in [1.807, 2.05) is 36.4 Å². The highest BCUT2D eigenvalue weighted by molar-refractivity contribution is 7.99. The number of hydrogen-bond acceptors (Lipinski definition) is 4. The van der Waals surface area contributed by atoms with E-state index in [0.717, 1.165) is 35.7 Å². The second-order valence-electron chi connectivity index (χ2n) is 6.83. The minimum absolute atomic E-state index is 0.118. The zero-order valence-corrected chi connectivity index (χ0v) is 16.3. The van der Waals surface area contributed by atoms with Gasteiger partial charge in [-0.25, -0.2) is 4.42 Å². The molecule has 2 aliphatic heterocycles. The highest BCUT2D eigenvalue weighted by Crippen LogP contribution is 2.39. The van der Waals surface area contributed by atoms with Crippen molar-refractivity contribution in [2.45, 2.75) is 22.6 Å². The van der Waals surface area contributed by atoms with Crippen LogP contribution in [0.5, 0.6) is 0 Å². The molecule has 0 bridgehead atoms. The summed E-state index contributed by atoms with van der Waals surface area (Å²) in [4.78, 5) is 26.9. The Morgan fingerprint density at radius 2 is 1.96 bits per heavy atom. The number of anilines is 1. The second kappa shape index (κ2) is 7.92. The number of nitrogens with one attached hydrogen (secondary N) is 2. The fourth-order valence-electron chi connectivity index (χ4n) is 3.35. The number of benzene rings is 2. The molecule has 1 fully saturated rings. The summed E-state index contributed by atoms with van der Waals surface area (Å²) in [5.74, 6) is 0.184. The molecule has 27 heavy (non-hydrogen) atoms. The number of hydrogen-bond donors (Lipinski definition) is 2. The van der Waals surface area contributed by atoms with Gasteiger partial charge in [0.25, 0.3) is 11.8 Å². The van der Waals surface area contributed by atoms with Crippen molar-refractivity contribution in [3.8, 4) is 0 Å². The van der Waals surface area contributed by atoms with Gasteiger partial charge in [-0.3, -0.25) is 9.59 Å². The van der Waals surface area contributed by atoms with Crippen LogP contribution >= 0.6 is 23.5 Å². The van der Waals surface area contributed by atoms with E-state index in [2.05, 4.69) is 10.6 Å². The summed E-state index contributed by atoms with van der Waals surface area (Å²) in [6.45, 7) is 2.35. The maximum Gasteiger partial charge on any atom is 0.256 e. The van der Waals surface area contributed by atoms with Crippen LogP contribution in [0.1, 0.15) is 33.6 Å². The maximum absolute atomic E-state index is 12.6. The zero-order valence-electron chi connectivity index (χ0n) is 14.7. The van der Waals surface area contributed by atoms with Crippen molar-refractivity contribution in [3.63, 3.8) is 0 Å². The van der Waals surface area contributed by atoms with Crippen LogP contribution in [0.3, 0.4) is 0 Å². The van der Waals surface area contributed by atoms with Crippen LogP contribution in [0, 0.1) is 5.92 Å². The van der Waals surface area contributed by atoms with E-state index >= 15 is 0 Å². The molecule has 5 nitrogen and oxygen atoms in total. The van der Waals surface area contributed by atoms with E-state index in [-0.39, 0.29) is 11.8 Å². The lowest BCUT2D eigenvalue weighted by Gasteiger charge is -2.27. The lowest BCUT2D eigenvalue weighted by atomic mass is 9.98. The van der Waals surface area contributed by atoms with Crippen LogP contribution in [-0.4, -0.2) is 35.9 Å². The van der Waals surface area contributed by atoms with E-state index in [9.17, 15) is 9.59 Å². The molecule has 0 atom stereocenters. The molecule has 7 heteroatoms. The molecule has 0 aromatic heterocycles. The summed E-state index contributed by atoms with van der Waals surface area (Å²) in [6.07, 6.45) is 1.97. The molecule has 2 aromatic rings. The predicted octanol–water partition coefficient (Wildman–Crippen LogP) is 4.00. The molecule has 0 saturated carbocycles. The number of carbonyl (C=O) groups is 2. The van der Waals surface area contributed by atoms with E-state index in [1.165, 1.54) is 11.8 Å². The van der Waals surface area contributed by atoms with Crippen LogP contribution in [0.25, 0.3) is 0 Å². The third-order valence-corrected chi connectivity index (χ3v) is 6.44. The van der Waals surface area contributed by atoms with Gasteiger partial charge in [0.1, 0.15) is 0 Å². The quantitative estimate of drug-likeness (QED) is 0.763. The number of nitrogens with zero attached hydrogens (tertiary/aromatic N) is 1. The van der Waals surface area contributed by atoms with Gasteiger partial charge >= 0.3 is 0 Å². The SMILES string of the molecule is O=C(NCC1CCN(Cl)CC1)c1ccc2c(c1)NC(=O)c1ccccc1S2. The number of carbonyl (C=O) groups excluding carboxylic acids is 2. The predicted molar refractivity (Wildman–Crippen MR) is 107 cm³/mol. The lowest BCUT2D eigenvalue weighted by molar-refractivity contribution is 0.0940. The highest BCUT2D eigenvalue weighted by atomic mass is 35.5. The molecule has 2 aliphatic rings. The zero-order chi connectivity index (χ0) is 18.8. The first-order chi connectivity index (χ1) is 13.1. The van der Waals surface area contributed by atoms with Crippen molar-refractivity contribution in [1.82, 2.24) is 9.74 Å². The average molecular weight is 402 g/mol. The molecular formula is C20H20ClN3O2S. The second-order valence-corrected chi connectivity index (χ2v) is 8.39. The summed E-state index contributed by atoms with van der Waals surface area (Å²) < 4.78 is 1.79. The summed E-state index contributed by atoms with van der Waals surface area (Å²) >= 11 is 7.51. The Kier molecular flexibility index (Phi) is 5.38. The summed E-state index contributed by atoms with van der Waals surface area (Å²) in [6, 6.07) is 13.0. The third kappa shape index (κ3) is 4.13. The molecule has 2 heterocycles. The lowest BCUT2D eigenvalue weighted by Crippen LogP contribution is -2.35. The first-order valence-corrected chi connectivity index (χ1v) is 10.2. The highest BCUT2D eigenvalue weighted by Gasteiger charge is 2.22. The number of rotatable bonds is 3. The summed E-state index contributed by atoms with van der Waals surface area (Å²) in [7, 11) is 0. The fourth-order valence-corrected chi connectivity index (χ4v) is 4.56. The molecule has 2 N–H and O–H groups in total. The van der Waals surface area contributed by atoms with Crippen LogP contribution in [0.15, 0.2) is 52.3 Å². The van der Waals surface area contributed by atoms with E-state index in [1.54, 1.807) is 10.5 Å². The molecule has 0 unspecified atom stereocenters. The summed E-state index contributed by atoms with van der Waals surface area (Å²) in [5, 5.41) is 5.94. The number of fused-ring (bicyclic) bond motifs is 2. The third-order valence-electron chi connectivity index (χ3n) is 4.95. The van der Waals surface area contributed by atoms with Gasteiger partial charge in [0.05, 0.1) is 11.3 Å². The molecule has 2 aromatic carbocycles. The van der Waals surface area contributed by atoms with Crippen molar-refractivity contribution in [1.29, 1.82) is 0 Å². The standard InChI is InChI=1S/C20H20ClN3O2S/c21-24-9-7-13(8-10-24)12-22-19(25)14-5-6-18-16(11-14)23-20(26)15-3-1-2-4-17(15)27-18/h1-6,11,13H,7-10,12H2,(H,22,25)(H,23,26). The fraction of sp³-hybridized carbons (Fsp3) is 0.300. The average Bonchev–Trinajstić information content (AvgIpc) is 2.82. The first kappa shape index (κ1) is 18.3. The van der Waals surface area contributed by atoms with Crippen molar-refractivity contribution in [3.05, 3.63) is 53.6 Å². The summed E-state index contributed by atoms with van der Waals surface area (Å²) in [5.41, 5.74) is 1.87. The van der Waals surface area contributed by atoms with Crippen LogP contribution in [0.2, 0.25) is 0 Å². The Morgan fingerprint density at radius 3 is 2.78 bits per heavy atom. The number of amides is 2. The minimum atomic E-state index is -0.151. The molecule has 0 aliphatic carbocycles. The molecule has 4 rings (SSSR count). The van der Waals surface area contributed by atoms with Gasteiger partial charge in [-0.2, -0.15) is 0 Å². The van der Waals surface area contributed by atoms with Gasteiger partial charge in [0.2, 0.25) is 0 Å². The topological polar surface area (TPSA) is 61.4 Å². The van der Waals surface area contributed by atoms with Crippen LogP contribution in [-0.2, 0) is 0 Å². The Hall–Kier alpha value is -2.02. The van der Waals surface area contributed by atoms with Crippen molar-refractivity contribution in [2.24, 2.45) is 5.92 Å². The molecule has 140 valence electrons. The van der Waals surface area contributed by atoms with Gasteiger partial charge in [0, 0.05) is 35.0 Å². The van der Waals surface area contributed by atoms with E-state index < -0.39 is 0 Å². The van der Waals surface area contributed by atoms with Crippen molar-refractivity contribution < 1.29 is 9.59 Å². The molecule has 1 saturated heterocycles. The Bertz CT molecular complexity index is 881. The molecule has 2 amide bonds. The van der Waals surface area contributed by atoms with Crippen LogP contribution in [0.4, 0.5) is 5.69 Å². The van der Waals surface area contributed by atoms with E-state index in [0.29, 0.717) is 29.3 Å².